The van der Waals surface area contributed by atoms with Crippen LogP contribution in [0, 0.1) is 0 Å². The molecule has 0 bridgehead atoms. The van der Waals surface area contributed by atoms with Gasteiger partial charge < -0.3 is 18.9 Å². The monoisotopic (exact) mass is 228 g/mol. The summed E-state index contributed by atoms with van der Waals surface area (Å²) in [5, 5.41) is 0. The third kappa shape index (κ3) is 4.57. The largest absolute Gasteiger partial charge is 0.430 e. The number of hydrogen-bond acceptors (Lipinski definition) is 5. The predicted molar refractivity (Wildman–Crippen MR) is 56.8 cm³/mol. The Hall–Kier alpha value is -1.17. The highest BCUT2D eigenvalue weighted by molar-refractivity contribution is 5.88. The summed E-state index contributed by atoms with van der Waals surface area (Å²) in [5.74, 6) is -0.528. The molecule has 1 fully saturated rings. The van der Waals surface area contributed by atoms with Gasteiger partial charge in [-0.15, -0.1) is 6.58 Å². The normalized spacial score (nSPS) is 20.1. The first-order valence-electron chi connectivity index (χ1n) is 5.00. The number of rotatable bonds is 6. The molecule has 0 spiro atoms. The molecule has 0 aromatic heterocycles. The van der Waals surface area contributed by atoms with Crippen molar-refractivity contribution in [2.75, 3.05) is 33.0 Å². The summed E-state index contributed by atoms with van der Waals surface area (Å²) in [6, 6.07) is 0. The Morgan fingerprint density at radius 1 is 1.50 bits per heavy atom. The van der Waals surface area contributed by atoms with Crippen molar-refractivity contribution in [2.24, 2.45) is 0 Å². The van der Waals surface area contributed by atoms with Gasteiger partial charge in [-0.2, -0.15) is 0 Å². The Bertz CT molecular complexity index is 255. The fourth-order valence-electron chi connectivity index (χ4n) is 1.06. The van der Waals surface area contributed by atoms with Crippen LogP contribution in [-0.2, 0) is 23.7 Å². The summed E-state index contributed by atoms with van der Waals surface area (Å²) >= 11 is 0. The zero-order chi connectivity index (χ0) is 11.8. The molecule has 1 aliphatic heterocycles. The van der Waals surface area contributed by atoms with Gasteiger partial charge in [0.2, 0.25) is 6.29 Å². The van der Waals surface area contributed by atoms with E-state index >= 15 is 0 Å². The highest BCUT2D eigenvalue weighted by atomic mass is 16.7. The summed E-state index contributed by atoms with van der Waals surface area (Å²) in [5.41, 5.74) is 0.246. The smallest absolute Gasteiger partial charge is 0.338 e. The van der Waals surface area contributed by atoms with Crippen molar-refractivity contribution in [3.05, 3.63) is 24.8 Å². The molecule has 16 heavy (non-hydrogen) atoms. The van der Waals surface area contributed by atoms with Crippen molar-refractivity contribution < 1.29 is 23.7 Å². The van der Waals surface area contributed by atoms with Gasteiger partial charge >= 0.3 is 5.97 Å². The third-order valence-electron chi connectivity index (χ3n) is 1.82. The van der Waals surface area contributed by atoms with Crippen molar-refractivity contribution in [1.82, 2.24) is 0 Å². The summed E-state index contributed by atoms with van der Waals surface area (Å²) in [6.45, 7) is 8.75. The van der Waals surface area contributed by atoms with Crippen molar-refractivity contribution >= 4 is 5.97 Å². The van der Waals surface area contributed by atoms with Crippen molar-refractivity contribution in [1.29, 1.82) is 0 Å². The third-order valence-corrected chi connectivity index (χ3v) is 1.82. The molecule has 0 aromatic rings. The van der Waals surface area contributed by atoms with E-state index in [1.807, 2.05) is 0 Å². The van der Waals surface area contributed by atoms with Crippen molar-refractivity contribution in [3.8, 4) is 0 Å². The topological polar surface area (TPSA) is 54.0 Å². The van der Waals surface area contributed by atoms with Gasteiger partial charge in [-0.3, -0.25) is 0 Å². The van der Waals surface area contributed by atoms with Gasteiger partial charge in [0.05, 0.1) is 32.0 Å². The van der Waals surface area contributed by atoms with E-state index in [0.717, 1.165) is 0 Å². The maximum absolute atomic E-state index is 11.4. The molecule has 1 atom stereocenters. The van der Waals surface area contributed by atoms with Crippen LogP contribution in [0.25, 0.3) is 0 Å². The molecule has 0 aromatic carbocycles. The highest BCUT2D eigenvalue weighted by Crippen LogP contribution is 2.06. The molecule has 1 unspecified atom stereocenters. The van der Waals surface area contributed by atoms with Crippen LogP contribution >= 0.6 is 0 Å². The number of esters is 1. The Balaban J connectivity index is 2.22. The maximum atomic E-state index is 11.4. The number of ether oxygens (including phenoxy) is 4. The minimum Gasteiger partial charge on any atom is -0.430 e. The van der Waals surface area contributed by atoms with Crippen molar-refractivity contribution in [2.45, 2.75) is 6.29 Å². The van der Waals surface area contributed by atoms with E-state index in [0.29, 0.717) is 19.8 Å². The second kappa shape index (κ2) is 7.16. The van der Waals surface area contributed by atoms with Crippen LogP contribution in [0.3, 0.4) is 0 Å². The van der Waals surface area contributed by atoms with Crippen molar-refractivity contribution in [3.63, 3.8) is 0 Å². The quantitative estimate of drug-likeness (QED) is 0.289. The predicted octanol–water partition coefficient (Wildman–Crippen LogP) is 0.661. The Morgan fingerprint density at radius 3 is 2.94 bits per heavy atom. The first kappa shape index (κ1) is 12.9. The van der Waals surface area contributed by atoms with Gasteiger partial charge in [-0.05, 0) is 0 Å². The minimum absolute atomic E-state index is 0.123. The molecule has 5 nitrogen and oxygen atoms in total. The van der Waals surface area contributed by atoms with Gasteiger partial charge in [0.1, 0.15) is 6.61 Å². The molecule has 0 aliphatic carbocycles. The molecule has 90 valence electrons. The Morgan fingerprint density at radius 2 is 2.31 bits per heavy atom. The average Bonchev–Trinajstić information content (AvgIpc) is 2.30. The van der Waals surface area contributed by atoms with Crippen LogP contribution in [0.4, 0.5) is 0 Å². The van der Waals surface area contributed by atoms with E-state index < -0.39 is 12.3 Å². The van der Waals surface area contributed by atoms with E-state index in [9.17, 15) is 4.79 Å². The molecular weight excluding hydrogens is 212 g/mol. The van der Waals surface area contributed by atoms with Crippen LogP contribution < -0.4 is 0 Å². The summed E-state index contributed by atoms with van der Waals surface area (Å²) < 4.78 is 20.3. The molecule has 1 heterocycles. The lowest BCUT2D eigenvalue weighted by atomic mass is 10.3. The second-order valence-electron chi connectivity index (χ2n) is 3.19. The van der Waals surface area contributed by atoms with E-state index in [1.54, 1.807) is 6.08 Å². The highest BCUT2D eigenvalue weighted by Gasteiger charge is 2.20. The minimum atomic E-state index is -0.641. The molecular formula is C11H16O5. The lowest BCUT2D eigenvalue weighted by Gasteiger charge is -2.22. The molecule has 1 rings (SSSR count). The second-order valence-corrected chi connectivity index (χ2v) is 3.19. The van der Waals surface area contributed by atoms with Crippen LogP contribution in [-0.4, -0.2) is 45.3 Å². The van der Waals surface area contributed by atoms with Crippen LogP contribution in [0.2, 0.25) is 0 Å². The number of carbonyl (C=O) groups excluding carboxylic acids is 1. The van der Waals surface area contributed by atoms with E-state index in [-0.39, 0.29) is 18.8 Å². The standard InChI is InChI=1S/C11H16O5/c1-3-4-13-7-9(2)11(12)16-10-8-14-5-6-15-10/h3,10H,1-2,4-8H2. The molecule has 0 amide bonds. The first-order valence-corrected chi connectivity index (χ1v) is 5.00. The zero-order valence-electron chi connectivity index (χ0n) is 9.15. The molecule has 5 heteroatoms. The summed E-state index contributed by atoms with van der Waals surface area (Å²) in [6.07, 6.45) is 0.953. The molecule has 1 aliphatic rings. The first-order chi connectivity index (χ1) is 7.74. The number of hydrogen-bond donors (Lipinski definition) is 0. The average molecular weight is 228 g/mol. The van der Waals surface area contributed by atoms with Crippen LogP contribution in [0.15, 0.2) is 24.8 Å². The fourth-order valence-corrected chi connectivity index (χ4v) is 1.06. The SMILES string of the molecule is C=CCOCC(=C)C(=O)OC1COCCO1. The van der Waals surface area contributed by atoms with Gasteiger partial charge in [-0.1, -0.05) is 12.7 Å². The van der Waals surface area contributed by atoms with Gasteiger partial charge in [0.15, 0.2) is 0 Å². The zero-order valence-corrected chi connectivity index (χ0v) is 9.15. The van der Waals surface area contributed by atoms with Crippen LogP contribution in [0.1, 0.15) is 0 Å². The Kier molecular flexibility index (Phi) is 5.77. The molecule has 0 radical (unpaired) electrons. The summed E-state index contributed by atoms with van der Waals surface area (Å²) in [4.78, 5) is 11.4. The molecule has 0 saturated carbocycles. The van der Waals surface area contributed by atoms with E-state index in [2.05, 4.69) is 13.2 Å². The van der Waals surface area contributed by atoms with Gasteiger partial charge in [-0.25, -0.2) is 4.79 Å². The van der Waals surface area contributed by atoms with Gasteiger partial charge in [0.25, 0.3) is 0 Å². The molecule has 0 N–H and O–H groups in total. The maximum Gasteiger partial charge on any atom is 0.338 e. The van der Waals surface area contributed by atoms with E-state index in [1.165, 1.54) is 0 Å². The van der Waals surface area contributed by atoms with Gasteiger partial charge in [0, 0.05) is 0 Å². The number of carbonyl (C=O) groups is 1. The Labute approximate surface area is 94.6 Å². The molecule has 1 saturated heterocycles. The lowest BCUT2D eigenvalue weighted by molar-refractivity contribution is -0.211. The lowest BCUT2D eigenvalue weighted by Crippen LogP contribution is -2.33. The summed E-state index contributed by atoms with van der Waals surface area (Å²) in [7, 11) is 0. The fraction of sp³-hybridized carbons (Fsp3) is 0.545. The van der Waals surface area contributed by atoms with E-state index in [4.69, 9.17) is 18.9 Å². The van der Waals surface area contributed by atoms with Crippen LogP contribution in [0.5, 0.6) is 0 Å².